The standard InChI is InChI=1S/C29H23N3O2S/c1-18-22-8-3-5-11-25(22)35-28(18)29(34)30-21-14-12-19(13-15-21)27(33)26-24-10-6-16-32(24)17-20-7-2-4-9-23(20)31-26/h2-16,26,31H,17H2,1H3,(H,30,34). The molecule has 0 saturated heterocycles. The zero-order chi connectivity index (χ0) is 23.9. The second-order valence-electron chi connectivity index (χ2n) is 8.74. The summed E-state index contributed by atoms with van der Waals surface area (Å²) in [6.07, 6.45) is 2.01. The molecular weight excluding hydrogens is 454 g/mol. The number of thiophene rings is 1. The van der Waals surface area contributed by atoms with Gasteiger partial charge in [-0.15, -0.1) is 11.3 Å². The van der Waals surface area contributed by atoms with Crippen LogP contribution in [0.15, 0.2) is 91.1 Å². The molecule has 1 aliphatic rings. The van der Waals surface area contributed by atoms with Crippen LogP contribution in [-0.4, -0.2) is 16.3 Å². The van der Waals surface area contributed by atoms with Crippen molar-refractivity contribution in [2.24, 2.45) is 0 Å². The molecule has 1 amide bonds. The molecule has 35 heavy (non-hydrogen) atoms. The van der Waals surface area contributed by atoms with E-state index in [0.717, 1.165) is 39.1 Å². The van der Waals surface area contributed by atoms with Crippen LogP contribution in [0.3, 0.4) is 0 Å². The molecule has 0 saturated carbocycles. The summed E-state index contributed by atoms with van der Waals surface area (Å²) >= 11 is 1.49. The Morgan fingerprint density at radius 2 is 1.71 bits per heavy atom. The number of hydrogen-bond acceptors (Lipinski definition) is 4. The number of para-hydroxylation sites is 1. The van der Waals surface area contributed by atoms with Crippen LogP contribution in [0.4, 0.5) is 11.4 Å². The molecule has 2 aromatic heterocycles. The van der Waals surface area contributed by atoms with Crippen molar-refractivity contribution in [3.05, 3.63) is 118 Å². The molecule has 1 atom stereocenters. The van der Waals surface area contributed by atoms with Crippen molar-refractivity contribution in [3.63, 3.8) is 0 Å². The molecular formula is C29H23N3O2S. The first-order valence-electron chi connectivity index (χ1n) is 11.5. The van der Waals surface area contributed by atoms with E-state index in [1.54, 1.807) is 24.3 Å². The maximum Gasteiger partial charge on any atom is 0.266 e. The Hall–Kier alpha value is -4.16. The summed E-state index contributed by atoms with van der Waals surface area (Å²) < 4.78 is 3.21. The molecule has 1 unspecified atom stereocenters. The number of nitrogens with zero attached hydrogens (tertiary/aromatic N) is 1. The van der Waals surface area contributed by atoms with Gasteiger partial charge in [-0.1, -0.05) is 36.4 Å². The van der Waals surface area contributed by atoms with Crippen LogP contribution in [0.5, 0.6) is 0 Å². The molecule has 3 aromatic carbocycles. The van der Waals surface area contributed by atoms with Crippen LogP contribution >= 0.6 is 11.3 Å². The molecule has 0 spiro atoms. The largest absolute Gasteiger partial charge is 0.370 e. The number of carbonyl (C=O) groups is 2. The number of aryl methyl sites for hydroxylation is 1. The van der Waals surface area contributed by atoms with Crippen molar-refractivity contribution in [2.45, 2.75) is 19.5 Å². The smallest absolute Gasteiger partial charge is 0.266 e. The topological polar surface area (TPSA) is 63.1 Å². The van der Waals surface area contributed by atoms with Gasteiger partial charge >= 0.3 is 0 Å². The zero-order valence-corrected chi connectivity index (χ0v) is 19.9. The number of ketones is 1. The highest BCUT2D eigenvalue weighted by molar-refractivity contribution is 7.21. The summed E-state index contributed by atoms with van der Waals surface area (Å²) in [5, 5.41) is 7.53. The number of aromatic nitrogens is 1. The fraction of sp³-hybridized carbons (Fsp3) is 0.103. The second-order valence-corrected chi connectivity index (χ2v) is 9.80. The maximum atomic E-state index is 13.6. The van der Waals surface area contributed by atoms with E-state index >= 15 is 0 Å². The third kappa shape index (κ3) is 3.82. The monoisotopic (exact) mass is 477 g/mol. The molecule has 0 radical (unpaired) electrons. The van der Waals surface area contributed by atoms with Gasteiger partial charge in [-0.25, -0.2) is 0 Å². The van der Waals surface area contributed by atoms with Crippen LogP contribution in [0.2, 0.25) is 0 Å². The van der Waals surface area contributed by atoms with E-state index in [4.69, 9.17) is 0 Å². The number of hydrogen-bond donors (Lipinski definition) is 2. The Balaban J connectivity index is 1.24. The SMILES string of the molecule is Cc1c(C(=O)Nc2ccc(C(=O)C3Nc4ccccc4Cn4cccc43)cc2)sc2ccccc12. The van der Waals surface area contributed by atoms with Crippen LogP contribution in [0, 0.1) is 6.92 Å². The molecule has 2 N–H and O–H groups in total. The third-order valence-electron chi connectivity index (χ3n) is 6.56. The summed E-state index contributed by atoms with van der Waals surface area (Å²) in [6, 6.07) is 26.7. The number of amides is 1. The van der Waals surface area contributed by atoms with Gasteiger partial charge < -0.3 is 15.2 Å². The summed E-state index contributed by atoms with van der Waals surface area (Å²) in [5.41, 5.74) is 5.28. The van der Waals surface area contributed by atoms with Gasteiger partial charge in [0.1, 0.15) is 6.04 Å². The average molecular weight is 478 g/mol. The van der Waals surface area contributed by atoms with Crippen molar-refractivity contribution in [3.8, 4) is 0 Å². The van der Waals surface area contributed by atoms with E-state index in [1.807, 2.05) is 67.7 Å². The quantitative estimate of drug-likeness (QED) is 0.285. The van der Waals surface area contributed by atoms with Crippen molar-refractivity contribution in [1.29, 1.82) is 0 Å². The highest BCUT2D eigenvalue weighted by atomic mass is 32.1. The second kappa shape index (κ2) is 8.56. The average Bonchev–Trinajstić information content (AvgIpc) is 3.44. The lowest BCUT2D eigenvalue weighted by Gasteiger charge is -2.18. The minimum atomic E-state index is -0.490. The van der Waals surface area contributed by atoms with Gasteiger partial charge in [0.05, 0.1) is 4.88 Å². The molecule has 5 nitrogen and oxygen atoms in total. The Morgan fingerprint density at radius 3 is 2.54 bits per heavy atom. The van der Waals surface area contributed by atoms with E-state index in [2.05, 4.69) is 21.3 Å². The van der Waals surface area contributed by atoms with E-state index in [-0.39, 0.29) is 11.7 Å². The van der Waals surface area contributed by atoms with Crippen molar-refractivity contribution < 1.29 is 9.59 Å². The molecule has 1 aliphatic heterocycles. The minimum absolute atomic E-state index is 0.0140. The van der Waals surface area contributed by atoms with Crippen LogP contribution in [0.1, 0.15) is 42.9 Å². The summed E-state index contributed by atoms with van der Waals surface area (Å²) in [4.78, 5) is 27.2. The third-order valence-corrected chi connectivity index (χ3v) is 7.83. The molecule has 6 rings (SSSR count). The molecule has 0 bridgehead atoms. The Labute approximate surface area is 207 Å². The molecule has 3 heterocycles. The first-order valence-corrected chi connectivity index (χ1v) is 12.3. The van der Waals surface area contributed by atoms with Crippen molar-refractivity contribution in [1.82, 2.24) is 4.57 Å². The predicted octanol–water partition coefficient (Wildman–Crippen LogP) is 6.66. The Bertz CT molecular complexity index is 1580. The number of nitrogens with one attached hydrogen (secondary N) is 2. The first kappa shape index (κ1) is 21.4. The summed E-state index contributed by atoms with van der Waals surface area (Å²) in [6.45, 7) is 2.70. The molecule has 6 heteroatoms. The van der Waals surface area contributed by atoms with Gasteiger partial charge in [0, 0.05) is 40.1 Å². The Kier molecular flexibility index (Phi) is 5.23. The number of fused-ring (bicyclic) bond motifs is 3. The Morgan fingerprint density at radius 1 is 0.943 bits per heavy atom. The highest BCUT2D eigenvalue weighted by Crippen LogP contribution is 2.32. The number of benzene rings is 3. The minimum Gasteiger partial charge on any atom is -0.370 e. The van der Waals surface area contributed by atoms with Gasteiger partial charge in [0.25, 0.3) is 5.91 Å². The summed E-state index contributed by atoms with van der Waals surface area (Å²) in [7, 11) is 0. The van der Waals surface area contributed by atoms with Crippen molar-refractivity contribution >= 4 is 44.5 Å². The van der Waals surface area contributed by atoms with Gasteiger partial charge in [0.2, 0.25) is 0 Å². The fourth-order valence-corrected chi connectivity index (χ4v) is 5.81. The van der Waals surface area contributed by atoms with E-state index < -0.39 is 6.04 Å². The van der Waals surface area contributed by atoms with E-state index in [9.17, 15) is 9.59 Å². The normalized spacial score (nSPS) is 14.5. The number of rotatable bonds is 4. The zero-order valence-electron chi connectivity index (χ0n) is 19.1. The fourth-order valence-electron chi connectivity index (χ4n) is 4.71. The predicted molar refractivity (Wildman–Crippen MR) is 142 cm³/mol. The van der Waals surface area contributed by atoms with Crippen molar-refractivity contribution in [2.75, 3.05) is 10.6 Å². The maximum absolute atomic E-state index is 13.6. The number of anilines is 2. The van der Waals surface area contributed by atoms with Gasteiger partial charge in [-0.05, 0) is 72.0 Å². The molecule has 0 fully saturated rings. The lowest BCUT2D eigenvalue weighted by Crippen LogP contribution is -2.22. The molecule has 0 aliphatic carbocycles. The number of carbonyl (C=O) groups excluding carboxylic acids is 2. The van der Waals surface area contributed by atoms with Crippen LogP contribution < -0.4 is 10.6 Å². The van der Waals surface area contributed by atoms with Crippen LogP contribution in [-0.2, 0) is 6.54 Å². The van der Waals surface area contributed by atoms with E-state index in [0.29, 0.717) is 16.1 Å². The number of Topliss-reactive ketones (excluding diaryl/α,β-unsaturated/α-hetero) is 1. The van der Waals surface area contributed by atoms with Crippen LogP contribution in [0.25, 0.3) is 10.1 Å². The van der Waals surface area contributed by atoms with Gasteiger partial charge in [0.15, 0.2) is 5.78 Å². The first-order chi connectivity index (χ1) is 17.1. The lowest BCUT2D eigenvalue weighted by molar-refractivity contribution is 0.0966. The highest BCUT2D eigenvalue weighted by Gasteiger charge is 2.28. The van der Waals surface area contributed by atoms with Gasteiger partial charge in [-0.3, -0.25) is 9.59 Å². The molecule has 172 valence electrons. The summed E-state index contributed by atoms with van der Waals surface area (Å²) in [5.74, 6) is -0.150. The van der Waals surface area contributed by atoms with E-state index in [1.165, 1.54) is 11.3 Å². The van der Waals surface area contributed by atoms with Gasteiger partial charge in [-0.2, -0.15) is 0 Å². The molecule has 5 aromatic rings. The lowest BCUT2D eigenvalue weighted by atomic mass is 10.0.